The highest BCUT2D eigenvalue weighted by atomic mass is 16.5. The first kappa shape index (κ1) is 16.4. The molecule has 110 valence electrons. The lowest BCUT2D eigenvalue weighted by atomic mass is 9.79. The van der Waals surface area contributed by atoms with Gasteiger partial charge in [0.15, 0.2) is 0 Å². The fraction of sp³-hybridized carbons (Fsp3) is 0.933. The maximum atomic E-state index is 9.42. The first-order valence-electron chi connectivity index (χ1n) is 7.39. The number of methoxy groups -OCH3 is 1. The summed E-state index contributed by atoms with van der Waals surface area (Å²) in [5, 5.41) is 9.42. The molecule has 1 aliphatic carbocycles. The van der Waals surface area contributed by atoms with Crippen LogP contribution in [0.4, 0.5) is 0 Å². The van der Waals surface area contributed by atoms with Crippen LogP contribution in [0.3, 0.4) is 0 Å². The van der Waals surface area contributed by atoms with Gasteiger partial charge in [-0.25, -0.2) is 0 Å². The molecule has 4 nitrogen and oxygen atoms in total. The number of hydrogen-bond donors (Lipinski definition) is 0. The molecule has 1 fully saturated rings. The Morgan fingerprint density at radius 2 is 1.47 bits per heavy atom. The largest absolute Gasteiger partial charge is 0.382 e. The normalized spacial score (nSPS) is 18.7. The van der Waals surface area contributed by atoms with Gasteiger partial charge in [-0.1, -0.05) is 25.7 Å². The highest BCUT2D eigenvalue weighted by molar-refractivity contribution is 4.99. The van der Waals surface area contributed by atoms with Crippen LogP contribution >= 0.6 is 0 Å². The van der Waals surface area contributed by atoms with Crippen molar-refractivity contribution in [1.29, 1.82) is 5.26 Å². The number of hydrogen-bond acceptors (Lipinski definition) is 4. The third-order valence-corrected chi connectivity index (χ3v) is 3.83. The Hall–Kier alpha value is -0.630. The molecule has 1 aliphatic rings. The van der Waals surface area contributed by atoms with Crippen molar-refractivity contribution < 1.29 is 14.2 Å². The Balaban J connectivity index is 2.07. The molecule has 0 aromatic carbocycles. The van der Waals surface area contributed by atoms with Gasteiger partial charge in [0, 0.05) is 13.7 Å². The highest BCUT2D eigenvalue weighted by Gasteiger charge is 2.30. The van der Waals surface area contributed by atoms with E-state index in [1.165, 1.54) is 25.7 Å². The average molecular weight is 269 g/mol. The molecule has 0 radical (unpaired) electrons. The van der Waals surface area contributed by atoms with Gasteiger partial charge < -0.3 is 14.2 Å². The molecule has 0 atom stereocenters. The van der Waals surface area contributed by atoms with E-state index in [4.69, 9.17) is 14.2 Å². The van der Waals surface area contributed by atoms with Crippen molar-refractivity contribution in [2.24, 2.45) is 5.41 Å². The monoisotopic (exact) mass is 269 g/mol. The fourth-order valence-electron chi connectivity index (χ4n) is 2.55. The van der Waals surface area contributed by atoms with Crippen LogP contribution in [-0.2, 0) is 14.2 Å². The van der Waals surface area contributed by atoms with Crippen molar-refractivity contribution in [3.63, 3.8) is 0 Å². The summed E-state index contributed by atoms with van der Waals surface area (Å²) in [6.45, 7) is 3.11. The number of ether oxygens (including phenoxy) is 3. The van der Waals surface area contributed by atoms with Crippen molar-refractivity contribution in [1.82, 2.24) is 0 Å². The molecule has 1 saturated carbocycles. The maximum absolute atomic E-state index is 9.42. The molecular weight excluding hydrogens is 242 g/mol. The molecular formula is C15H27NO3. The lowest BCUT2D eigenvalue weighted by Gasteiger charge is -2.24. The quantitative estimate of drug-likeness (QED) is 0.477. The molecule has 0 aromatic rings. The summed E-state index contributed by atoms with van der Waals surface area (Å²) < 4.78 is 15.8. The molecule has 0 aliphatic heterocycles. The summed E-state index contributed by atoms with van der Waals surface area (Å²) >= 11 is 0. The predicted octanol–water partition coefficient (Wildman–Crippen LogP) is 2.92. The van der Waals surface area contributed by atoms with E-state index in [2.05, 4.69) is 6.07 Å². The molecule has 0 spiro atoms. The van der Waals surface area contributed by atoms with Crippen LogP contribution < -0.4 is 0 Å². The SMILES string of the molecule is COCCOCCOCCC1(C#N)CCCCCC1. The van der Waals surface area contributed by atoms with E-state index in [0.717, 1.165) is 19.3 Å². The van der Waals surface area contributed by atoms with Gasteiger partial charge in [0.05, 0.1) is 37.9 Å². The zero-order valence-corrected chi connectivity index (χ0v) is 12.2. The Morgan fingerprint density at radius 3 is 2.05 bits per heavy atom. The number of nitrogens with zero attached hydrogens (tertiary/aromatic N) is 1. The molecule has 0 saturated heterocycles. The minimum atomic E-state index is -0.132. The van der Waals surface area contributed by atoms with Gasteiger partial charge in [-0.3, -0.25) is 0 Å². The Kier molecular flexibility index (Phi) is 8.81. The van der Waals surface area contributed by atoms with Crippen molar-refractivity contribution in [2.75, 3.05) is 40.1 Å². The van der Waals surface area contributed by atoms with Gasteiger partial charge in [-0.05, 0) is 19.3 Å². The van der Waals surface area contributed by atoms with Crippen LogP contribution in [0, 0.1) is 16.7 Å². The van der Waals surface area contributed by atoms with E-state index in [0.29, 0.717) is 33.0 Å². The fourth-order valence-corrected chi connectivity index (χ4v) is 2.55. The molecule has 0 heterocycles. The number of nitriles is 1. The molecule has 0 amide bonds. The van der Waals surface area contributed by atoms with Crippen molar-refractivity contribution in [3.05, 3.63) is 0 Å². The molecule has 0 unspecified atom stereocenters. The van der Waals surface area contributed by atoms with Gasteiger partial charge >= 0.3 is 0 Å². The summed E-state index contributed by atoms with van der Waals surface area (Å²) in [4.78, 5) is 0. The summed E-state index contributed by atoms with van der Waals surface area (Å²) in [6.07, 6.45) is 7.87. The Labute approximate surface area is 117 Å². The first-order valence-corrected chi connectivity index (χ1v) is 7.39. The van der Waals surface area contributed by atoms with Gasteiger partial charge in [0.2, 0.25) is 0 Å². The van der Waals surface area contributed by atoms with Crippen molar-refractivity contribution in [2.45, 2.75) is 44.9 Å². The molecule has 0 N–H and O–H groups in total. The summed E-state index contributed by atoms with van der Waals surface area (Å²) in [6, 6.07) is 2.55. The smallest absolute Gasteiger partial charge is 0.0701 e. The molecule has 1 rings (SSSR count). The van der Waals surface area contributed by atoms with E-state index in [1.54, 1.807) is 7.11 Å². The first-order chi connectivity index (χ1) is 9.33. The van der Waals surface area contributed by atoms with Crippen molar-refractivity contribution in [3.8, 4) is 6.07 Å². The predicted molar refractivity (Wildman–Crippen MR) is 73.9 cm³/mol. The maximum Gasteiger partial charge on any atom is 0.0701 e. The van der Waals surface area contributed by atoms with Crippen LogP contribution in [0.2, 0.25) is 0 Å². The van der Waals surface area contributed by atoms with E-state index < -0.39 is 0 Å². The second-order valence-corrected chi connectivity index (χ2v) is 5.27. The van der Waals surface area contributed by atoms with E-state index in [1.807, 2.05) is 0 Å². The summed E-state index contributed by atoms with van der Waals surface area (Å²) in [5.41, 5.74) is -0.132. The zero-order chi connectivity index (χ0) is 13.8. The number of rotatable bonds is 9. The molecule has 19 heavy (non-hydrogen) atoms. The van der Waals surface area contributed by atoms with Crippen LogP contribution in [0.5, 0.6) is 0 Å². The minimum absolute atomic E-state index is 0.132. The van der Waals surface area contributed by atoms with Crippen LogP contribution in [0.1, 0.15) is 44.9 Å². The summed E-state index contributed by atoms with van der Waals surface area (Å²) in [5.74, 6) is 0. The van der Waals surface area contributed by atoms with Gasteiger partial charge in [-0.15, -0.1) is 0 Å². The highest BCUT2D eigenvalue weighted by Crippen LogP contribution is 2.37. The molecule has 4 heteroatoms. The minimum Gasteiger partial charge on any atom is -0.382 e. The zero-order valence-electron chi connectivity index (χ0n) is 12.2. The molecule has 0 aromatic heterocycles. The average Bonchev–Trinajstić information content (AvgIpc) is 2.68. The van der Waals surface area contributed by atoms with Gasteiger partial charge in [0.25, 0.3) is 0 Å². The standard InChI is InChI=1S/C15H27NO3/c1-17-10-11-19-13-12-18-9-8-15(14-16)6-4-2-3-5-7-15/h2-13H2,1H3. The third-order valence-electron chi connectivity index (χ3n) is 3.83. The van der Waals surface area contributed by atoms with E-state index in [-0.39, 0.29) is 5.41 Å². The topological polar surface area (TPSA) is 51.5 Å². The van der Waals surface area contributed by atoms with Crippen LogP contribution in [-0.4, -0.2) is 40.1 Å². The lowest BCUT2D eigenvalue weighted by molar-refractivity contribution is 0.0187. The van der Waals surface area contributed by atoms with E-state index >= 15 is 0 Å². The second kappa shape index (κ2) is 10.2. The van der Waals surface area contributed by atoms with Gasteiger partial charge in [-0.2, -0.15) is 5.26 Å². The van der Waals surface area contributed by atoms with E-state index in [9.17, 15) is 5.26 Å². The van der Waals surface area contributed by atoms with Crippen LogP contribution in [0.25, 0.3) is 0 Å². The lowest BCUT2D eigenvalue weighted by Crippen LogP contribution is -2.21. The summed E-state index contributed by atoms with van der Waals surface area (Å²) in [7, 11) is 1.66. The molecule has 0 bridgehead atoms. The second-order valence-electron chi connectivity index (χ2n) is 5.27. The van der Waals surface area contributed by atoms with Crippen molar-refractivity contribution >= 4 is 0 Å². The Morgan fingerprint density at radius 1 is 0.895 bits per heavy atom. The van der Waals surface area contributed by atoms with Gasteiger partial charge in [0.1, 0.15) is 0 Å². The van der Waals surface area contributed by atoms with Crippen LogP contribution in [0.15, 0.2) is 0 Å². The third kappa shape index (κ3) is 6.91. The Bertz CT molecular complexity index is 255.